The molecule has 1 aromatic heterocycles. The van der Waals surface area contributed by atoms with Crippen LogP contribution in [0.3, 0.4) is 0 Å². The second-order valence-corrected chi connectivity index (χ2v) is 7.51. The zero-order chi connectivity index (χ0) is 20.8. The first kappa shape index (κ1) is 20.4. The molecule has 2 amide bonds. The fourth-order valence-electron chi connectivity index (χ4n) is 2.48. The van der Waals surface area contributed by atoms with Crippen LogP contribution in [-0.4, -0.2) is 38.9 Å². The Balaban J connectivity index is 1.60. The number of rotatable bonds is 7. The van der Waals surface area contributed by atoms with Gasteiger partial charge in [0.05, 0.1) is 18.0 Å². The molecular formula is C20H21N5O3S. The first-order chi connectivity index (χ1) is 14.0. The monoisotopic (exact) mass is 411 g/mol. The molecule has 150 valence electrons. The van der Waals surface area contributed by atoms with Gasteiger partial charge in [0.2, 0.25) is 5.91 Å². The lowest BCUT2D eigenvalue weighted by atomic mass is 10.2. The minimum absolute atomic E-state index is 0.163. The average Bonchev–Trinajstić information content (AvgIpc) is 3.13. The molecule has 0 aliphatic heterocycles. The average molecular weight is 411 g/mol. The number of anilines is 2. The highest BCUT2D eigenvalue weighted by Crippen LogP contribution is 2.24. The topological polar surface area (TPSA) is 98.1 Å². The molecule has 0 fully saturated rings. The van der Waals surface area contributed by atoms with Gasteiger partial charge in [-0.05, 0) is 43.3 Å². The SMILES string of the molecule is COc1ccccc1NC(=O)c1ccc(NC(=O)C(C)Sc2nncn2C)cc1. The summed E-state index contributed by atoms with van der Waals surface area (Å²) in [5, 5.41) is 13.7. The van der Waals surface area contributed by atoms with Gasteiger partial charge in [-0.2, -0.15) is 0 Å². The highest BCUT2D eigenvalue weighted by Gasteiger charge is 2.17. The van der Waals surface area contributed by atoms with E-state index in [-0.39, 0.29) is 17.1 Å². The van der Waals surface area contributed by atoms with Crippen molar-refractivity contribution in [3.05, 3.63) is 60.4 Å². The number of amides is 2. The Kier molecular flexibility index (Phi) is 6.50. The van der Waals surface area contributed by atoms with Crippen LogP contribution in [0.4, 0.5) is 11.4 Å². The first-order valence-electron chi connectivity index (χ1n) is 8.84. The van der Waals surface area contributed by atoms with E-state index in [0.29, 0.717) is 27.8 Å². The smallest absolute Gasteiger partial charge is 0.255 e. The summed E-state index contributed by atoms with van der Waals surface area (Å²) < 4.78 is 6.99. The van der Waals surface area contributed by atoms with Gasteiger partial charge in [0.15, 0.2) is 5.16 Å². The number of nitrogens with zero attached hydrogens (tertiary/aromatic N) is 3. The van der Waals surface area contributed by atoms with Gasteiger partial charge in [-0.15, -0.1) is 10.2 Å². The minimum atomic E-state index is -0.355. The predicted molar refractivity (Wildman–Crippen MR) is 112 cm³/mol. The summed E-state index contributed by atoms with van der Waals surface area (Å²) in [4.78, 5) is 24.9. The van der Waals surface area contributed by atoms with Crippen LogP contribution in [-0.2, 0) is 11.8 Å². The molecule has 0 saturated heterocycles. The molecule has 0 bridgehead atoms. The molecule has 2 aromatic carbocycles. The van der Waals surface area contributed by atoms with Crippen LogP contribution in [0.1, 0.15) is 17.3 Å². The van der Waals surface area contributed by atoms with Gasteiger partial charge < -0.3 is 19.9 Å². The normalized spacial score (nSPS) is 11.6. The van der Waals surface area contributed by atoms with Crippen LogP contribution in [0.5, 0.6) is 5.75 Å². The summed E-state index contributed by atoms with van der Waals surface area (Å²) >= 11 is 1.32. The third-order valence-electron chi connectivity index (χ3n) is 4.09. The molecule has 3 aromatic rings. The number of thioether (sulfide) groups is 1. The van der Waals surface area contributed by atoms with Crippen molar-refractivity contribution in [2.75, 3.05) is 17.7 Å². The van der Waals surface area contributed by atoms with Crippen LogP contribution in [0, 0.1) is 0 Å². The van der Waals surface area contributed by atoms with E-state index in [0.717, 1.165) is 0 Å². The summed E-state index contributed by atoms with van der Waals surface area (Å²) in [6.45, 7) is 1.80. The van der Waals surface area contributed by atoms with Gasteiger partial charge in [-0.1, -0.05) is 23.9 Å². The Bertz CT molecular complexity index is 1000. The van der Waals surface area contributed by atoms with Gasteiger partial charge in [0.1, 0.15) is 12.1 Å². The number of aromatic nitrogens is 3. The van der Waals surface area contributed by atoms with E-state index in [1.807, 2.05) is 19.2 Å². The van der Waals surface area contributed by atoms with Crippen molar-refractivity contribution in [3.8, 4) is 5.75 Å². The second-order valence-electron chi connectivity index (χ2n) is 6.21. The fourth-order valence-corrected chi connectivity index (χ4v) is 3.27. The molecule has 1 atom stereocenters. The van der Waals surface area contributed by atoms with E-state index in [2.05, 4.69) is 20.8 Å². The number of carbonyl (C=O) groups is 2. The van der Waals surface area contributed by atoms with E-state index in [1.165, 1.54) is 11.8 Å². The van der Waals surface area contributed by atoms with E-state index < -0.39 is 0 Å². The summed E-state index contributed by atoms with van der Waals surface area (Å²) in [5.74, 6) is 0.155. The van der Waals surface area contributed by atoms with Gasteiger partial charge in [0, 0.05) is 18.3 Å². The third kappa shape index (κ3) is 5.14. The molecule has 9 heteroatoms. The predicted octanol–water partition coefficient (Wildman–Crippen LogP) is 3.20. The molecule has 1 heterocycles. The van der Waals surface area contributed by atoms with Crippen molar-refractivity contribution in [3.63, 3.8) is 0 Å². The lowest BCUT2D eigenvalue weighted by Gasteiger charge is -2.12. The summed E-state index contributed by atoms with van der Waals surface area (Å²) in [5.41, 5.74) is 1.66. The summed E-state index contributed by atoms with van der Waals surface area (Å²) in [7, 11) is 3.37. The zero-order valence-electron chi connectivity index (χ0n) is 16.2. The Hall–Kier alpha value is -3.33. The maximum absolute atomic E-state index is 12.5. The minimum Gasteiger partial charge on any atom is -0.495 e. The highest BCUT2D eigenvalue weighted by molar-refractivity contribution is 8.00. The number of carbonyl (C=O) groups excluding carboxylic acids is 2. The van der Waals surface area contributed by atoms with Crippen molar-refractivity contribution >= 4 is 35.0 Å². The van der Waals surface area contributed by atoms with Gasteiger partial charge in [-0.3, -0.25) is 9.59 Å². The van der Waals surface area contributed by atoms with E-state index >= 15 is 0 Å². The zero-order valence-corrected chi connectivity index (χ0v) is 17.1. The quantitative estimate of drug-likeness (QED) is 0.580. The molecule has 0 aliphatic rings. The Morgan fingerprint density at radius 1 is 1.10 bits per heavy atom. The fraction of sp³-hybridized carbons (Fsp3) is 0.200. The standard InChI is InChI=1S/C20H21N5O3S/c1-13(29-20-24-21-12-25(20)2)18(26)22-15-10-8-14(9-11-15)19(27)23-16-6-4-5-7-17(16)28-3/h4-13H,1-3H3,(H,22,26)(H,23,27). The maximum atomic E-state index is 12.5. The highest BCUT2D eigenvalue weighted by atomic mass is 32.2. The molecular weight excluding hydrogens is 390 g/mol. The molecule has 0 spiro atoms. The first-order valence-corrected chi connectivity index (χ1v) is 9.72. The molecule has 1 unspecified atom stereocenters. The lowest BCUT2D eigenvalue weighted by molar-refractivity contribution is -0.115. The number of nitrogens with one attached hydrogen (secondary N) is 2. The molecule has 0 radical (unpaired) electrons. The number of ether oxygens (including phenoxy) is 1. The van der Waals surface area contributed by atoms with Gasteiger partial charge in [0.25, 0.3) is 5.91 Å². The molecule has 29 heavy (non-hydrogen) atoms. The second kappa shape index (κ2) is 9.24. The van der Waals surface area contributed by atoms with E-state index in [9.17, 15) is 9.59 Å². The Labute approximate surface area is 172 Å². The summed E-state index contributed by atoms with van der Waals surface area (Å²) in [6, 6.07) is 13.9. The van der Waals surface area contributed by atoms with Crippen LogP contribution in [0.25, 0.3) is 0 Å². The Morgan fingerprint density at radius 2 is 1.83 bits per heavy atom. The van der Waals surface area contributed by atoms with Crippen LogP contribution < -0.4 is 15.4 Å². The van der Waals surface area contributed by atoms with Crippen molar-refractivity contribution in [2.24, 2.45) is 7.05 Å². The molecule has 2 N–H and O–H groups in total. The number of para-hydroxylation sites is 2. The van der Waals surface area contributed by atoms with Crippen LogP contribution in [0.15, 0.2) is 60.0 Å². The third-order valence-corrected chi connectivity index (χ3v) is 5.24. The van der Waals surface area contributed by atoms with Crippen molar-refractivity contribution < 1.29 is 14.3 Å². The lowest BCUT2D eigenvalue weighted by Crippen LogP contribution is -2.23. The van der Waals surface area contributed by atoms with Crippen molar-refractivity contribution in [2.45, 2.75) is 17.3 Å². The molecule has 0 saturated carbocycles. The maximum Gasteiger partial charge on any atom is 0.255 e. The number of hydrogen-bond acceptors (Lipinski definition) is 6. The summed E-state index contributed by atoms with van der Waals surface area (Å²) in [6.07, 6.45) is 1.59. The van der Waals surface area contributed by atoms with E-state index in [4.69, 9.17) is 4.74 Å². The number of benzene rings is 2. The van der Waals surface area contributed by atoms with Crippen molar-refractivity contribution in [1.82, 2.24) is 14.8 Å². The largest absolute Gasteiger partial charge is 0.495 e. The van der Waals surface area contributed by atoms with Gasteiger partial charge >= 0.3 is 0 Å². The van der Waals surface area contributed by atoms with Gasteiger partial charge in [-0.25, -0.2) is 0 Å². The number of hydrogen-bond donors (Lipinski definition) is 2. The number of aryl methyl sites for hydroxylation is 1. The van der Waals surface area contributed by atoms with Crippen LogP contribution in [0.2, 0.25) is 0 Å². The van der Waals surface area contributed by atoms with Crippen LogP contribution >= 0.6 is 11.8 Å². The van der Waals surface area contributed by atoms with E-state index in [1.54, 1.807) is 61.3 Å². The number of methoxy groups -OCH3 is 1. The molecule has 8 nitrogen and oxygen atoms in total. The molecule has 3 rings (SSSR count). The Morgan fingerprint density at radius 3 is 2.48 bits per heavy atom. The molecule has 0 aliphatic carbocycles. The van der Waals surface area contributed by atoms with Crippen molar-refractivity contribution in [1.29, 1.82) is 0 Å².